The topological polar surface area (TPSA) is 52.0 Å². The molecule has 32 heavy (non-hydrogen) atoms. The average Bonchev–Trinajstić information content (AvgIpc) is 3.03. The van der Waals surface area contributed by atoms with Gasteiger partial charge in [0.05, 0.1) is 0 Å². The summed E-state index contributed by atoms with van der Waals surface area (Å²) in [5.74, 6) is 0. The van der Waals surface area contributed by atoms with Gasteiger partial charge in [-0.25, -0.2) is 0 Å². The number of rotatable bonds is 6. The molecular formula is C30H32N2. The van der Waals surface area contributed by atoms with Gasteiger partial charge in [-0.1, -0.05) is 92.3 Å². The fourth-order valence-corrected chi connectivity index (χ4v) is 4.22. The standard InChI is InChI=1S/C30H32N2/c1-30(2,27-14-7-23(8-15-27)21-25-11-18-29(32)19-12-25)26-5-3-4-22(6-13-26)20-24-9-16-28(31)17-10-24/h3-4,6-19H,5,20-21,31-32H2,1-2H3. The van der Waals surface area contributed by atoms with Gasteiger partial charge < -0.3 is 11.5 Å². The molecule has 2 nitrogen and oxygen atoms in total. The number of hydrogen-bond acceptors (Lipinski definition) is 2. The predicted octanol–water partition coefficient (Wildman–Crippen LogP) is 6.77. The van der Waals surface area contributed by atoms with Crippen LogP contribution in [0.25, 0.3) is 0 Å². The van der Waals surface area contributed by atoms with Crippen LogP contribution >= 0.6 is 0 Å². The van der Waals surface area contributed by atoms with E-state index in [2.05, 4.69) is 86.7 Å². The van der Waals surface area contributed by atoms with Gasteiger partial charge in [-0.2, -0.15) is 0 Å². The van der Waals surface area contributed by atoms with E-state index in [4.69, 9.17) is 11.5 Å². The zero-order valence-corrected chi connectivity index (χ0v) is 19.0. The van der Waals surface area contributed by atoms with Crippen LogP contribution in [0.15, 0.2) is 108 Å². The molecule has 3 aromatic rings. The van der Waals surface area contributed by atoms with Gasteiger partial charge in [0.1, 0.15) is 0 Å². The summed E-state index contributed by atoms with van der Waals surface area (Å²) in [7, 11) is 0. The van der Waals surface area contributed by atoms with Crippen LogP contribution < -0.4 is 11.5 Å². The first-order chi connectivity index (χ1) is 15.4. The molecule has 4 N–H and O–H groups in total. The van der Waals surface area contributed by atoms with E-state index < -0.39 is 0 Å². The lowest BCUT2D eigenvalue weighted by atomic mass is 9.76. The summed E-state index contributed by atoms with van der Waals surface area (Å²) >= 11 is 0. The van der Waals surface area contributed by atoms with E-state index in [1.54, 1.807) is 0 Å². The minimum absolute atomic E-state index is 0.0305. The van der Waals surface area contributed by atoms with E-state index in [1.165, 1.54) is 33.4 Å². The second kappa shape index (κ2) is 9.32. The molecule has 0 bridgehead atoms. The first kappa shape index (κ1) is 21.7. The third kappa shape index (κ3) is 5.20. The lowest BCUT2D eigenvalue weighted by Gasteiger charge is -2.28. The molecule has 0 atom stereocenters. The van der Waals surface area contributed by atoms with Gasteiger partial charge in [0.25, 0.3) is 0 Å². The summed E-state index contributed by atoms with van der Waals surface area (Å²) in [6.07, 6.45) is 11.9. The van der Waals surface area contributed by atoms with Crippen molar-refractivity contribution in [3.63, 3.8) is 0 Å². The zero-order chi connectivity index (χ0) is 22.6. The Kier molecular flexibility index (Phi) is 6.32. The number of anilines is 2. The second-order valence-electron chi connectivity index (χ2n) is 9.20. The van der Waals surface area contributed by atoms with Crippen molar-refractivity contribution in [3.8, 4) is 0 Å². The third-order valence-electron chi connectivity index (χ3n) is 6.42. The molecule has 0 fully saturated rings. The Hall–Kier alpha value is -3.52. The van der Waals surface area contributed by atoms with Crippen molar-refractivity contribution in [3.05, 3.63) is 131 Å². The minimum atomic E-state index is -0.0305. The maximum Gasteiger partial charge on any atom is 0.0314 e. The maximum absolute atomic E-state index is 5.82. The Morgan fingerprint density at radius 3 is 1.72 bits per heavy atom. The highest BCUT2D eigenvalue weighted by molar-refractivity contribution is 5.45. The molecule has 0 saturated carbocycles. The lowest BCUT2D eigenvalue weighted by Crippen LogP contribution is -2.20. The molecule has 0 unspecified atom stereocenters. The molecule has 3 aromatic carbocycles. The van der Waals surface area contributed by atoms with Crippen LogP contribution in [0.1, 0.15) is 42.5 Å². The van der Waals surface area contributed by atoms with Crippen LogP contribution in [0.4, 0.5) is 11.4 Å². The molecular weight excluding hydrogens is 388 g/mol. The second-order valence-corrected chi connectivity index (χ2v) is 9.20. The van der Waals surface area contributed by atoms with Crippen molar-refractivity contribution < 1.29 is 0 Å². The fraction of sp³-hybridized carbons (Fsp3) is 0.200. The van der Waals surface area contributed by atoms with Crippen LogP contribution in [-0.4, -0.2) is 0 Å². The Morgan fingerprint density at radius 2 is 1.16 bits per heavy atom. The van der Waals surface area contributed by atoms with Crippen LogP contribution in [0.2, 0.25) is 0 Å². The van der Waals surface area contributed by atoms with Crippen LogP contribution in [0.5, 0.6) is 0 Å². The van der Waals surface area contributed by atoms with Gasteiger partial charge >= 0.3 is 0 Å². The summed E-state index contributed by atoms with van der Waals surface area (Å²) < 4.78 is 0. The van der Waals surface area contributed by atoms with Crippen molar-refractivity contribution in [1.29, 1.82) is 0 Å². The van der Waals surface area contributed by atoms with Gasteiger partial charge in [0.2, 0.25) is 0 Å². The SMILES string of the molecule is CC(C)(C1=CC=C(Cc2ccc(N)cc2)C=CC1)c1ccc(Cc2ccc(N)cc2)cc1. The van der Waals surface area contributed by atoms with Crippen molar-refractivity contribution >= 4 is 11.4 Å². The van der Waals surface area contributed by atoms with Crippen molar-refractivity contribution in [2.24, 2.45) is 0 Å². The zero-order valence-electron chi connectivity index (χ0n) is 19.0. The van der Waals surface area contributed by atoms with Crippen LogP contribution in [-0.2, 0) is 18.3 Å². The Labute approximate surface area is 192 Å². The summed E-state index contributed by atoms with van der Waals surface area (Å²) in [6, 6.07) is 25.4. The average molecular weight is 421 g/mol. The molecule has 0 aliphatic heterocycles. The molecule has 0 radical (unpaired) electrons. The number of allylic oxidation sites excluding steroid dienone is 6. The minimum Gasteiger partial charge on any atom is -0.399 e. The third-order valence-corrected chi connectivity index (χ3v) is 6.42. The monoisotopic (exact) mass is 420 g/mol. The molecule has 1 aliphatic rings. The molecule has 0 heterocycles. The highest BCUT2D eigenvalue weighted by atomic mass is 14.5. The Bertz CT molecular complexity index is 1140. The fourth-order valence-electron chi connectivity index (χ4n) is 4.22. The van der Waals surface area contributed by atoms with E-state index in [1.807, 2.05) is 24.3 Å². The van der Waals surface area contributed by atoms with E-state index >= 15 is 0 Å². The first-order valence-electron chi connectivity index (χ1n) is 11.3. The van der Waals surface area contributed by atoms with Gasteiger partial charge in [0, 0.05) is 16.8 Å². The Morgan fingerprint density at radius 1 is 0.656 bits per heavy atom. The molecule has 4 rings (SSSR count). The van der Waals surface area contributed by atoms with E-state index in [0.717, 1.165) is 30.6 Å². The Balaban J connectivity index is 1.48. The van der Waals surface area contributed by atoms with Gasteiger partial charge in [0.15, 0.2) is 0 Å². The van der Waals surface area contributed by atoms with Crippen molar-refractivity contribution in [2.75, 3.05) is 11.5 Å². The summed E-state index contributed by atoms with van der Waals surface area (Å²) in [5.41, 5.74) is 21.2. The predicted molar refractivity (Wildman–Crippen MR) is 138 cm³/mol. The first-order valence-corrected chi connectivity index (χ1v) is 11.3. The summed E-state index contributed by atoms with van der Waals surface area (Å²) in [4.78, 5) is 0. The van der Waals surface area contributed by atoms with Crippen LogP contribution in [0.3, 0.4) is 0 Å². The van der Waals surface area contributed by atoms with Gasteiger partial charge in [-0.15, -0.1) is 0 Å². The van der Waals surface area contributed by atoms with Gasteiger partial charge in [-0.3, -0.25) is 0 Å². The quantitative estimate of drug-likeness (QED) is 0.432. The molecule has 0 aromatic heterocycles. The van der Waals surface area contributed by atoms with Gasteiger partial charge in [-0.05, 0) is 71.4 Å². The number of benzene rings is 3. The molecule has 2 heteroatoms. The summed E-state index contributed by atoms with van der Waals surface area (Å²) in [5, 5.41) is 0. The molecule has 0 spiro atoms. The lowest BCUT2D eigenvalue weighted by molar-refractivity contribution is 0.610. The number of nitrogens with two attached hydrogens (primary N) is 2. The van der Waals surface area contributed by atoms with Crippen LogP contribution in [0, 0.1) is 0 Å². The summed E-state index contributed by atoms with van der Waals surface area (Å²) in [6.45, 7) is 4.64. The maximum atomic E-state index is 5.82. The number of hydrogen-bond donors (Lipinski definition) is 2. The number of nitrogen functional groups attached to an aromatic ring is 2. The van der Waals surface area contributed by atoms with E-state index in [-0.39, 0.29) is 5.41 Å². The molecule has 162 valence electrons. The molecule has 1 aliphatic carbocycles. The van der Waals surface area contributed by atoms with E-state index in [0.29, 0.717) is 0 Å². The highest BCUT2D eigenvalue weighted by Crippen LogP contribution is 2.35. The van der Waals surface area contributed by atoms with E-state index in [9.17, 15) is 0 Å². The largest absolute Gasteiger partial charge is 0.399 e. The molecule has 0 amide bonds. The normalized spacial score (nSPS) is 13.9. The molecule has 0 saturated heterocycles. The smallest absolute Gasteiger partial charge is 0.0314 e. The van der Waals surface area contributed by atoms with Crippen molar-refractivity contribution in [1.82, 2.24) is 0 Å². The van der Waals surface area contributed by atoms with Crippen molar-refractivity contribution in [2.45, 2.75) is 38.5 Å². The highest BCUT2D eigenvalue weighted by Gasteiger charge is 2.25.